The van der Waals surface area contributed by atoms with Gasteiger partial charge in [0.1, 0.15) is 0 Å². The molecule has 0 bridgehead atoms. The topological polar surface area (TPSA) is 0 Å². The van der Waals surface area contributed by atoms with E-state index >= 15 is 0 Å². The van der Waals surface area contributed by atoms with E-state index < -0.39 is 0 Å². The Bertz CT molecular complexity index is 1340. The summed E-state index contributed by atoms with van der Waals surface area (Å²) in [5.41, 5.74) is 0. The van der Waals surface area contributed by atoms with Crippen molar-refractivity contribution in [1.29, 1.82) is 0 Å². The predicted octanol–water partition coefficient (Wildman–Crippen LogP) is 8.05. The number of rotatable bonds is 0. The lowest BCUT2D eigenvalue weighted by Crippen LogP contribution is -1.81. The maximum atomic E-state index is 2.33. The molecule has 0 unspecified atom stereocenters. The van der Waals surface area contributed by atoms with Crippen LogP contribution in [0, 0.1) is 0 Å². The van der Waals surface area contributed by atoms with Gasteiger partial charge in [0.15, 0.2) is 0 Å². The van der Waals surface area contributed by atoms with E-state index in [-0.39, 0.29) is 0 Å². The molecule has 1 aromatic heterocycles. The normalized spacial score (nSPS) is 11.0. The van der Waals surface area contributed by atoms with Gasteiger partial charge in [-0.25, -0.2) is 0 Å². The zero-order valence-corrected chi connectivity index (χ0v) is 15.6. The van der Waals surface area contributed by atoms with Crippen LogP contribution in [-0.4, -0.2) is 0 Å². The molecule has 0 atom stereocenters. The van der Waals surface area contributed by atoms with Crippen LogP contribution in [0.2, 0.25) is 0 Å². The summed E-state index contributed by atoms with van der Waals surface area (Å²) < 4.78 is 0. The van der Waals surface area contributed by atoms with Crippen molar-refractivity contribution in [3.8, 4) is 0 Å². The summed E-state index contributed by atoms with van der Waals surface area (Å²) in [6, 6.07) is 34.9. The summed E-state index contributed by atoms with van der Waals surface area (Å²) >= 11 is 1.71. The van der Waals surface area contributed by atoms with E-state index in [0.717, 1.165) is 0 Å². The van der Waals surface area contributed by atoms with Crippen molar-refractivity contribution in [2.75, 3.05) is 0 Å². The van der Waals surface area contributed by atoms with Gasteiger partial charge < -0.3 is 0 Å². The fourth-order valence-corrected chi connectivity index (χ4v) is 4.13. The van der Waals surface area contributed by atoms with Gasteiger partial charge in [-0.2, -0.15) is 11.3 Å². The average molecular weight is 362 g/mol. The third kappa shape index (κ3) is 3.07. The molecule has 128 valence electrons. The monoisotopic (exact) mass is 362 g/mol. The molecule has 1 heterocycles. The minimum Gasteiger partial charge on any atom is -0.152 e. The maximum Gasteiger partial charge on any atom is -0.00934 e. The summed E-state index contributed by atoms with van der Waals surface area (Å²) in [6.45, 7) is 0. The first-order valence-corrected chi connectivity index (χ1v) is 10.0. The lowest BCUT2D eigenvalue weighted by atomic mass is 9.96. The van der Waals surface area contributed by atoms with Gasteiger partial charge in [-0.15, -0.1) is 0 Å². The van der Waals surface area contributed by atoms with Gasteiger partial charge in [-0.05, 0) is 78.1 Å². The second-order valence-electron chi connectivity index (χ2n) is 6.70. The molecule has 0 saturated heterocycles. The van der Waals surface area contributed by atoms with Crippen LogP contribution in [0.1, 0.15) is 0 Å². The molecule has 27 heavy (non-hydrogen) atoms. The van der Waals surface area contributed by atoms with Crippen molar-refractivity contribution < 1.29 is 0 Å². The fourth-order valence-electron chi connectivity index (χ4n) is 3.67. The van der Waals surface area contributed by atoms with Crippen molar-refractivity contribution in [3.05, 3.63) is 108 Å². The standard InChI is InChI=1S/C22H14.C4H4S/c1-2-7-17-12-20-14-22-18(13-19(20)11-16(17)6-1)10-9-15-5-3-4-8-21(15)22;1-2-4-5-3-1/h1-14H;1-4H. The highest BCUT2D eigenvalue weighted by Gasteiger charge is 2.04. The van der Waals surface area contributed by atoms with Crippen molar-refractivity contribution in [2.45, 2.75) is 0 Å². The molecular formula is C26H18S. The van der Waals surface area contributed by atoms with E-state index in [2.05, 4.69) is 84.9 Å². The van der Waals surface area contributed by atoms with E-state index in [1.807, 2.05) is 22.9 Å². The Morgan fingerprint density at radius 1 is 0.370 bits per heavy atom. The summed E-state index contributed by atoms with van der Waals surface area (Å²) in [7, 11) is 0. The molecule has 0 N–H and O–H groups in total. The molecule has 0 aliphatic heterocycles. The second-order valence-corrected chi connectivity index (χ2v) is 7.52. The quantitative estimate of drug-likeness (QED) is 0.189. The number of hydrogen-bond donors (Lipinski definition) is 0. The smallest absolute Gasteiger partial charge is 0.00934 e. The van der Waals surface area contributed by atoms with Gasteiger partial charge in [-0.1, -0.05) is 72.8 Å². The molecule has 0 fully saturated rings. The van der Waals surface area contributed by atoms with Gasteiger partial charge in [0.2, 0.25) is 0 Å². The minimum atomic E-state index is 1.30. The van der Waals surface area contributed by atoms with Crippen LogP contribution in [-0.2, 0) is 0 Å². The van der Waals surface area contributed by atoms with Gasteiger partial charge in [0, 0.05) is 0 Å². The Balaban J connectivity index is 0.000000280. The van der Waals surface area contributed by atoms with Crippen LogP contribution in [0.3, 0.4) is 0 Å². The summed E-state index contributed by atoms with van der Waals surface area (Å²) in [4.78, 5) is 0. The van der Waals surface area contributed by atoms with E-state index in [4.69, 9.17) is 0 Å². The highest BCUT2D eigenvalue weighted by atomic mass is 32.1. The summed E-state index contributed by atoms with van der Waals surface area (Å²) in [5, 5.41) is 14.6. The first kappa shape index (κ1) is 16.0. The van der Waals surface area contributed by atoms with Crippen LogP contribution < -0.4 is 0 Å². The number of fused-ring (bicyclic) bond motifs is 5. The molecule has 0 saturated carbocycles. The van der Waals surface area contributed by atoms with Crippen LogP contribution in [0.25, 0.3) is 43.1 Å². The molecule has 0 aliphatic rings. The zero-order chi connectivity index (χ0) is 18.1. The first-order valence-electron chi connectivity index (χ1n) is 9.10. The Morgan fingerprint density at radius 3 is 1.59 bits per heavy atom. The number of benzene rings is 5. The Hall–Kier alpha value is -3.16. The second kappa shape index (κ2) is 6.86. The number of thiophene rings is 1. The van der Waals surface area contributed by atoms with Crippen LogP contribution in [0.15, 0.2) is 108 Å². The van der Waals surface area contributed by atoms with Gasteiger partial charge in [-0.3, -0.25) is 0 Å². The third-order valence-electron chi connectivity index (χ3n) is 4.99. The highest BCUT2D eigenvalue weighted by molar-refractivity contribution is 7.07. The van der Waals surface area contributed by atoms with Crippen molar-refractivity contribution >= 4 is 54.4 Å². The SMILES string of the molecule is c1ccc2cc3cc4c(ccc5ccccc54)cc3cc2c1.c1ccsc1. The van der Waals surface area contributed by atoms with E-state index in [1.54, 1.807) is 11.3 Å². The molecule has 0 spiro atoms. The lowest BCUT2D eigenvalue weighted by Gasteiger charge is -2.08. The predicted molar refractivity (Wildman–Crippen MR) is 121 cm³/mol. The molecule has 1 heteroatoms. The van der Waals surface area contributed by atoms with Gasteiger partial charge in [0.05, 0.1) is 0 Å². The van der Waals surface area contributed by atoms with E-state index in [0.29, 0.717) is 0 Å². The maximum absolute atomic E-state index is 2.33. The van der Waals surface area contributed by atoms with Crippen LogP contribution >= 0.6 is 11.3 Å². The van der Waals surface area contributed by atoms with Crippen molar-refractivity contribution in [2.24, 2.45) is 0 Å². The molecule has 0 radical (unpaired) electrons. The van der Waals surface area contributed by atoms with E-state index in [1.165, 1.54) is 43.1 Å². The Kier molecular flexibility index (Phi) is 4.08. The molecule has 6 aromatic rings. The molecule has 0 amide bonds. The third-order valence-corrected chi connectivity index (χ3v) is 5.62. The van der Waals surface area contributed by atoms with Crippen molar-refractivity contribution in [3.63, 3.8) is 0 Å². The zero-order valence-electron chi connectivity index (χ0n) is 14.8. The summed E-state index contributed by atoms with van der Waals surface area (Å²) in [5.74, 6) is 0. The number of hydrogen-bond acceptors (Lipinski definition) is 1. The average Bonchev–Trinajstić information content (AvgIpc) is 3.31. The van der Waals surface area contributed by atoms with Crippen molar-refractivity contribution in [1.82, 2.24) is 0 Å². The Morgan fingerprint density at radius 2 is 0.926 bits per heavy atom. The lowest BCUT2D eigenvalue weighted by molar-refractivity contribution is 1.78. The van der Waals surface area contributed by atoms with Gasteiger partial charge in [0.25, 0.3) is 0 Å². The van der Waals surface area contributed by atoms with Crippen LogP contribution in [0.5, 0.6) is 0 Å². The molecular weight excluding hydrogens is 344 g/mol. The summed E-state index contributed by atoms with van der Waals surface area (Å²) in [6.07, 6.45) is 0. The van der Waals surface area contributed by atoms with Gasteiger partial charge >= 0.3 is 0 Å². The largest absolute Gasteiger partial charge is 0.152 e. The first-order chi connectivity index (χ1) is 13.4. The molecule has 0 nitrogen and oxygen atoms in total. The van der Waals surface area contributed by atoms with E-state index in [9.17, 15) is 0 Å². The minimum absolute atomic E-state index is 1.30. The molecule has 0 aliphatic carbocycles. The molecule has 6 rings (SSSR count). The highest BCUT2D eigenvalue weighted by Crippen LogP contribution is 2.31. The Labute approximate surface area is 162 Å². The molecule has 5 aromatic carbocycles. The van der Waals surface area contributed by atoms with Crippen LogP contribution in [0.4, 0.5) is 0 Å². The fraction of sp³-hybridized carbons (Fsp3) is 0.